The molecule has 0 atom stereocenters. The fourth-order valence-corrected chi connectivity index (χ4v) is 1.63. The SMILES string of the molecule is CCOc1ncc(NC(=O)Nc2cccc(Cl)c2)cn1. The molecular formula is C13H13ClN4O2. The van der Waals surface area contributed by atoms with Crippen LogP contribution in [0.1, 0.15) is 6.92 Å². The molecule has 1 heterocycles. The number of urea groups is 1. The van der Waals surface area contributed by atoms with Crippen LogP contribution < -0.4 is 15.4 Å². The number of carbonyl (C=O) groups is 1. The minimum atomic E-state index is -0.403. The van der Waals surface area contributed by atoms with E-state index in [1.54, 1.807) is 24.3 Å². The van der Waals surface area contributed by atoms with Gasteiger partial charge in [0.15, 0.2) is 0 Å². The van der Waals surface area contributed by atoms with Gasteiger partial charge in [-0.25, -0.2) is 14.8 Å². The number of rotatable bonds is 4. The Labute approximate surface area is 121 Å². The minimum Gasteiger partial charge on any atom is -0.464 e. The van der Waals surface area contributed by atoms with Gasteiger partial charge in [0.2, 0.25) is 0 Å². The van der Waals surface area contributed by atoms with Crippen LogP contribution in [0.5, 0.6) is 6.01 Å². The Kier molecular flexibility index (Phi) is 4.73. The van der Waals surface area contributed by atoms with E-state index >= 15 is 0 Å². The molecule has 7 heteroatoms. The normalized spacial score (nSPS) is 9.90. The third-order valence-electron chi connectivity index (χ3n) is 2.24. The molecule has 1 aromatic carbocycles. The number of aromatic nitrogens is 2. The summed E-state index contributed by atoms with van der Waals surface area (Å²) in [5.74, 6) is 0. The molecule has 0 saturated heterocycles. The predicted octanol–water partition coefficient (Wildman–Crippen LogP) is 3.17. The first-order valence-electron chi connectivity index (χ1n) is 5.96. The van der Waals surface area contributed by atoms with Gasteiger partial charge in [0, 0.05) is 10.7 Å². The lowest BCUT2D eigenvalue weighted by molar-refractivity contribution is 0.262. The summed E-state index contributed by atoms with van der Waals surface area (Å²) in [6.45, 7) is 2.33. The largest absolute Gasteiger partial charge is 0.464 e. The van der Waals surface area contributed by atoms with Crippen molar-refractivity contribution in [2.24, 2.45) is 0 Å². The van der Waals surface area contributed by atoms with Crippen molar-refractivity contribution in [1.29, 1.82) is 0 Å². The second-order valence-corrected chi connectivity index (χ2v) is 4.21. The van der Waals surface area contributed by atoms with Crippen LogP contribution in [-0.4, -0.2) is 22.6 Å². The number of ether oxygens (including phenoxy) is 1. The number of carbonyl (C=O) groups excluding carboxylic acids is 1. The van der Waals surface area contributed by atoms with Gasteiger partial charge in [0.1, 0.15) is 0 Å². The Hall–Kier alpha value is -2.34. The highest BCUT2D eigenvalue weighted by molar-refractivity contribution is 6.30. The van der Waals surface area contributed by atoms with Crippen LogP contribution in [-0.2, 0) is 0 Å². The molecule has 20 heavy (non-hydrogen) atoms. The summed E-state index contributed by atoms with van der Waals surface area (Å²) >= 11 is 5.83. The fraction of sp³-hybridized carbons (Fsp3) is 0.154. The summed E-state index contributed by atoms with van der Waals surface area (Å²) in [6, 6.07) is 6.73. The molecular weight excluding hydrogens is 280 g/mol. The lowest BCUT2D eigenvalue weighted by atomic mass is 10.3. The van der Waals surface area contributed by atoms with Gasteiger partial charge < -0.3 is 15.4 Å². The zero-order chi connectivity index (χ0) is 14.4. The highest BCUT2D eigenvalue weighted by atomic mass is 35.5. The molecule has 0 aliphatic carbocycles. The summed E-state index contributed by atoms with van der Waals surface area (Å²) in [7, 11) is 0. The monoisotopic (exact) mass is 292 g/mol. The van der Waals surface area contributed by atoms with Crippen molar-refractivity contribution in [3.8, 4) is 6.01 Å². The van der Waals surface area contributed by atoms with Crippen molar-refractivity contribution in [2.45, 2.75) is 6.92 Å². The molecule has 0 aliphatic rings. The lowest BCUT2D eigenvalue weighted by Crippen LogP contribution is -2.19. The van der Waals surface area contributed by atoms with Crippen molar-refractivity contribution >= 4 is 29.0 Å². The standard InChI is InChI=1S/C13H13ClN4O2/c1-2-20-13-15-7-11(8-16-13)18-12(19)17-10-5-3-4-9(14)6-10/h3-8H,2H2,1H3,(H2,17,18,19). The van der Waals surface area contributed by atoms with Crippen molar-refractivity contribution in [3.63, 3.8) is 0 Å². The van der Waals surface area contributed by atoms with E-state index in [0.29, 0.717) is 23.0 Å². The lowest BCUT2D eigenvalue weighted by Gasteiger charge is -2.07. The summed E-state index contributed by atoms with van der Waals surface area (Å²) < 4.78 is 5.11. The maximum absolute atomic E-state index is 11.8. The van der Waals surface area contributed by atoms with Crippen molar-refractivity contribution in [1.82, 2.24) is 9.97 Å². The second-order valence-electron chi connectivity index (χ2n) is 3.78. The maximum atomic E-state index is 11.8. The Bertz CT molecular complexity index is 589. The van der Waals surface area contributed by atoms with E-state index < -0.39 is 6.03 Å². The van der Waals surface area contributed by atoms with Gasteiger partial charge in [-0.15, -0.1) is 0 Å². The Morgan fingerprint density at radius 1 is 1.25 bits per heavy atom. The second kappa shape index (κ2) is 6.72. The first-order chi connectivity index (χ1) is 9.67. The van der Waals surface area contributed by atoms with Gasteiger partial charge in [-0.1, -0.05) is 17.7 Å². The first-order valence-corrected chi connectivity index (χ1v) is 6.33. The zero-order valence-electron chi connectivity index (χ0n) is 10.8. The number of halogens is 1. The summed E-state index contributed by atoms with van der Waals surface area (Å²) in [5, 5.41) is 5.80. The Morgan fingerprint density at radius 3 is 2.60 bits per heavy atom. The van der Waals surface area contributed by atoms with Crippen LogP contribution in [0.3, 0.4) is 0 Å². The van der Waals surface area contributed by atoms with E-state index in [0.717, 1.165) is 0 Å². The molecule has 0 saturated carbocycles. The molecule has 0 radical (unpaired) electrons. The van der Waals surface area contributed by atoms with E-state index in [4.69, 9.17) is 16.3 Å². The van der Waals surface area contributed by atoms with Gasteiger partial charge >= 0.3 is 12.0 Å². The number of benzene rings is 1. The minimum absolute atomic E-state index is 0.272. The molecule has 0 aliphatic heterocycles. The van der Waals surface area contributed by atoms with E-state index in [-0.39, 0.29) is 6.01 Å². The molecule has 1 aromatic heterocycles. The van der Waals surface area contributed by atoms with E-state index in [9.17, 15) is 4.79 Å². The van der Waals surface area contributed by atoms with E-state index in [1.165, 1.54) is 12.4 Å². The van der Waals surface area contributed by atoms with Gasteiger partial charge in [0.05, 0.1) is 24.7 Å². The third-order valence-corrected chi connectivity index (χ3v) is 2.48. The number of nitrogens with one attached hydrogen (secondary N) is 2. The molecule has 2 rings (SSSR count). The van der Waals surface area contributed by atoms with Gasteiger partial charge in [-0.2, -0.15) is 0 Å². The van der Waals surface area contributed by atoms with Gasteiger partial charge in [-0.05, 0) is 25.1 Å². The number of amides is 2. The van der Waals surface area contributed by atoms with E-state index in [2.05, 4.69) is 20.6 Å². The Morgan fingerprint density at radius 2 is 1.95 bits per heavy atom. The topological polar surface area (TPSA) is 76.1 Å². The highest BCUT2D eigenvalue weighted by Crippen LogP contribution is 2.15. The number of hydrogen-bond acceptors (Lipinski definition) is 4. The van der Waals surface area contributed by atoms with Crippen molar-refractivity contribution < 1.29 is 9.53 Å². The van der Waals surface area contributed by atoms with Crippen LogP contribution in [0.4, 0.5) is 16.2 Å². The van der Waals surface area contributed by atoms with Crippen molar-refractivity contribution in [2.75, 3.05) is 17.2 Å². The summed E-state index contributed by atoms with van der Waals surface area (Å²) in [5.41, 5.74) is 1.06. The average molecular weight is 293 g/mol. The molecule has 0 bridgehead atoms. The smallest absolute Gasteiger partial charge is 0.323 e. The molecule has 0 fully saturated rings. The molecule has 6 nitrogen and oxygen atoms in total. The van der Waals surface area contributed by atoms with Crippen LogP contribution in [0.15, 0.2) is 36.7 Å². The molecule has 0 spiro atoms. The molecule has 2 amide bonds. The number of anilines is 2. The Balaban J connectivity index is 1.94. The quantitative estimate of drug-likeness (QED) is 0.907. The summed E-state index contributed by atoms with van der Waals surface area (Å²) in [6.07, 6.45) is 2.94. The van der Waals surface area contributed by atoms with Crippen LogP contribution in [0.2, 0.25) is 5.02 Å². The number of nitrogens with zero attached hydrogens (tertiary/aromatic N) is 2. The predicted molar refractivity (Wildman–Crippen MR) is 77.3 cm³/mol. The van der Waals surface area contributed by atoms with Crippen LogP contribution in [0.25, 0.3) is 0 Å². The number of hydrogen-bond donors (Lipinski definition) is 2. The molecule has 104 valence electrons. The maximum Gasteiger partial charge on any atom is 0.323 e. The summed E-state index contributed by atoms with van der Waals surface area (Å²) in [4.78, 5) is 19.6. The van der Waals surface area contributed by atoms with Gasteiger partial charge in [-0.3, -0.25) is 0 Å². The third kappa shape index (κ3) is 4.10. The average Bonchev–Trinajstić information content (AvgIpc) is 2.41. The van der Waals surface area contributed by atoms with E-state index in [1.807, 2.05) is 6.92 Å². The molecule has 2 aromatic rings. The van der Waals surface area contributed by atoms with Gasteiger partial charge in [0.25, 0.3) is 0 Å². The highest BCUT2D eigenvalue weighted by Gasteiger charge is 2.04. The zero-order valence-corrected chi connectivity index (χ0v) is 11.5. The van der Waals surface area contributed by atoms with Crippen LogP contribution in [0, 0.1) is 0 Å². The van der Waals surface area contributed by atoms with Crippen molar-refractivity contribution in [3.05, 3.63) is 41.7 Å². The molecule has 0 unspecified atom stereocenters. The molecule has 2 N–H and O–H groups in total. The van der Waals surface area contributed by atoms with Crippen LogP contribution >= 0.6 is 11.6 Å². The fourth-order valence-electron chi connectivity index (χ4n) is 1.44. The first kappa shape index (κ1) is 14.1.